The molecule has 1 aromatic carbocycles. The molecule has 2 atom stereocenters. The molecule has 6 heteroatoms. The average Bonchev–Trinajstić information content (AvgIpc) is 3.04. The predicted molar refractivity (Wildman–Crippen MR) is 110 cm³/mol. The molecule has 0 unspecified atom stereocenters. The van der Waals surface area contributed by atoms with Gasteiger partial charge >= 0.3 is 0 Å². The van der Waals surface area contributed by atoms with Crippen LogP contribution in [0.15, 0.2) is 36.4 Å². The number of amides is 1. The van der Waals surface area contributed by atoms with Gasteiger partial charge in [0.15, 0.2) is 0 Å². The lowest BCUT2D eigenvalue weighted by atomic mass is 9.81. The van der Waals surface area contributed by atoms with E-state index in [4.69, 9.17) is 4.74 Å². The van der Waals surface area contributed by atoms with Crippen molar-refractivity contribution in [2.75, 3.05) is 13.1 Å². The van der Waals surface area contributed by atoms with Gasteiger partial charge in [-0.05, 0) is 38.3 Å². The second-order valence-corrected chi connectivity index (χ2v) is 8.57. The van der Waals surface area contributed by atoms with Gasteiger partial charge in [-0.3, -0.25) is 9.48 Å². The van der Waals surface area contributed by atoms with Crippen LogP contribution in [-0.2, 0) is 16.1 Å². The minimum Gasteiger partial charge on any atom is -0.393 e. The van der Waals surface area contributed by atoms with E-state index < -0.39 is 0 Å². The maximum Gasteiger partial charge on any atom is 0.224 e. The monoisotopic (exact) mass is 397 g/mol. The van der Waals surface area contributed by atoms with Crippen molar-refractivity contribution in [1.29, 1.82) is 0 Å². The number of aliphatic hydroxyl groups excluding tert-OH is 1. The van der Waals surface area contributed by atoms with Crippen LogP contribution in [0.4, 0.5) is 0 Å². The zero-order valence-electron chi connectivity index (χ0n) is 17.4. The molecule has 6 nitrogen and oxygen atoms in total. The van der Waals surface area contributed by atoms with Crippen LogP contribution in [0.3, 0.4) is 0 Å². The van der Waals surface area contributed by atoms with Crippen molar-refractivity contribution in [2.45, 2.75) is 70.3 Å². The summed E-state index contributed by atoms with van der Waals surface area (Å²) >= 11 is 0. The minimum absolute atomic E-state index is 0.0757. The zero-order valence-corrected chi connectivity index (χ0v) is 17.4. The molecule has 29 heavy (non-hydrogen) atoms. The van der Waals surface area contributed by atoms with Gasteiger partial charge in [0.2, 0.25) is 5.91 Å². The minimum atomic E-state index is -0.359. The van der Waals surface area contributed by atoms with Crippen molar-refractivity contribution in [3.05, 3.63) is 53.3 Å². The van der Waals surface area contributed by atoms with Crippen LogP contribution in [0.1, 0.15) is 55.2 Å². The molecule has 0 radical (unpaired) electrons. The van der Waals surface area contributed by atoms with Gasteiger partial charge in [0.25, 0.3) is 0 Å². The number of aryl methyl sites for hydroxylation is 3. The smallest absolute Gasteiger partial charge is 0.224 e. The zero-order chi connectivity index (χ0) is 20.4. The molecule has 2 aliphatic rings. The van der Waals surface area contributed by atoms with Gasteiger partial charge in [0, 0.05) is 44.6 Å². The van der Waals surface area contributed by atoms with Gasteiger partial charge in [-0.25, -0.2) is 0 Å². The average molecular weight is 398 g/mol. The van der Waals surface area contributed by atoms with Gasteiger partial charge in [0.1, 0.15) is 0 Å². The molecule has 2 saturated heterocycles. The second-order valence-electron chi connectivity index (χ2n) is 8.57. The Labute approximate surface area is 172 Å². The molecule has 2 fully saturated rings. The highest BCUT2D eigenvalue weighted by Crippen LogP contribution is 2.43. The number of benzene rings is 1. The lowest BCUT2D eigenvalue weighted by molar-refractivity contribution is -0.185. The van der Waals surface area contributed by atoms with Crippen molar-refractivity contribution >= 4 is 5.91 Å². The van der Waals surface area contributed by atoms with Crippen LogP contribution in [-0.4, -0.2) is 50.5 Å². The lowest BCUT2D eigenvalue weighted by Gasteiger charge is -2.48. The van der Waals surface area contributed by atoms with E-state index >= 15 is 0 Å². The number of hydrogen-bond acceptors (Lipinski definition) is 4. The van der Waals surface area contributed by atoms with E-state index in [2.05, 4.69) is 17.2 Å². The fraction of sp³-hybridized carbons (Fsp3) is 0.565. The number of likely N-dealkylation sites (tertiary alicyclic amines) is 1. The first-order valence-electron chi connectivity index (χ1n) is 10.6. The van der Waals surface area contributed by atoms with Crippen LogP contribution < -0.4 is 0 Å². The van der Waals surface area contributed by atoms with Crippen LogP contribution >= 0.6 is 0 Å². The van der Waals surface area contributed by atoms with E-state index in [0.717, 1.165) is 29.8 Å². The third-order valence-electron chi connectivity index (χ3n) is 6.33. The predicted octanol–water partition coefficient (Wildman–Crippen LogP) is 3.16. The summed E-state index contributed by atoms with van der Waals surface area (Å²) in [4.78, 5) is 14.6. The van der Waals surface area contributed by atoms with Gasteiger partial charge in [-0.2, -0.15) is 5.10 Å². The fourth-order valence-corrected chi connectivity index (χ4v) is 4.78. The maximum atomic E-state index is 12.7. The first-order chi connectivity index (χ1) is 13.9. The van der Waals surface area contributed by atoms with Gasteiger partial charge < -0.3 is 14.7 Å². The van der Waals surface area contributed by atoms with E-state index in [1.807, 2.05) is 47.7 Å². The molecule has 4 rings (SSSR count). The number of carbonyl (C=O) groups is 1. The third-order valence-corrected chi connectivity index (χ3v) is 6.33. The summed E-state index contributed by atoms with van der Waals surface area (Å²) < 4.78 is 8.44. The molecule has 1 spiro atoms. The van der Waals surface area contributed by atoms with Crippen molar-refractivity contribution < 1.29 is 14.6 Å². The summed E-state index contributed by atoms with van der Waals surface area (Å²) in [5.41, 5.74) is 2.86. The molecular weight excluding hydrogens is 366 g/mol. The van der Waals surface area contributed by atoms with Crippen LogP contribution in [0.5, 0.6) is 0 Å². The molecule has 2 aliphatic heterocycles. The van der Waals surface area contributed by atoms with Crippen molar-refractivity contribution in [1.82, 2.24) is 14.7 Å². The third kappa shape index (κ3) is 4.54. The van der Waals surface area contributed by atoms with E-state index in [1.165, 1.54) is 0 Å². The van der Waals surface area contributed by atoms with Gasteiger partial charge in [-0.15, -0.1) is 0 Å². The largest absolute Gasteiger partial charge is 0.393 e. The number of aliphatic hydroxyl groups is 1. The molecule has 1 amide bonds. The van der Waals surface area contributed by atoms with Gasteiger partial charge in [-0.1, -0.05) is 30.3 Å². The van der Waals surface area contributed by atoms with Crippen LogP contribution in [0.2, 0.25) is 0 Å². The Balaban J connectivity index is 1.34. The first-order valence-corrected chi connectivity index (χ1v) is 10.6. The normalized spacial score (nSPS) is 24.0. The molecule has 2 aromatic rings. The highest BCUT2D eigenvalue weighted by atomic mass is 16.5. The van der Waals surface area contributed by atoms with Crippen molar-refractivity contribution in [3.63, 3.8) is 0 Å². The fourth-order valence-electron chi connectivity index (χ4n) is 4.78. The molecule has 0 aliphatic carbocycles. The molecule has 3 heterocycles. The standard InChI is InChI=1S/C23H31N3O3/c1-17-14-18(2)26(24-17)11-8-22(28)25-12-9-23(10-13-25)16-20(27)15-21(29-23)19-6-4-3-5-7-19/h3-7,14,20-21,27H,8-13,15-16H2,1-2H3/t20-,21+/m0/s1. The Hall–Kier alpha value is -2.18. The van der Waals surface area contributed by atoms with Crippen LogP contribution in [0, 0.1) is 13.8 Å². The Kier molecular flexibility index (Phi) is 5.74. The second kappa shape index (κ2) is 8.28. The van der Waals surface area contributed by atoms with E-state index in [0.29, 0.717) is 38.9 Å². The number of carbonyl (C=O) groups excluding carboxylic acids is 1. The summed E-state index contributed by atoms with van der Waals surface area (Å²) in [6.45, 7) is 5.97. The Morgan fingerprint density at radius 2 is 1.97 bits per heavy atom. The van der Waals surface area contributed by atoms with E-state index in [9.17, 15) is 9.90 Å². The Morgan fingerprint density at radius 3 is 2.62 bits per heavy atom. The number of nitrogens with zero attached hydrogens (tertiary/aromatic N) is 3. The molecular formula is C23H31N3O3. The van der Waals surface area contributed by atoms with Crippen LogP contribution in [0.25, 0.3) is 0 Å². The Bertz CT molecular complexity index is 840. The molecule has 0 bridgehead atoms. The molecule has 1 aromatic heterocycles. The first kappa shape index (κ1) is 20.1. The number of ether oxygens (including phenoxy) is 1. The number of hydrogen-bond donors (Lipinski definition) is 1. The number of piperidine rings is 1. The SMILES string of the molecule is Cc1cc(C)n(CCC(=O)N2CCC3(CC2)C[C@@H](O)C[C@H](c2ccccc2)O3)n1. The number of aromatic nitrogens is 2. The quantitative estimate of drug-likeness (QED) is 0.861. The summed E-state index contributed by atoms with van der Waals surface area (Å²) in [5, 5.41) is 14.9. The lowest BCUT2D eigenvalue weighted by Crippen LogP contribution is -2.52. The summed E-state index contributed by atoms with van der Waals surface area (Å²) in [6.07, 6.45) is 2.88. The highest BCUT2D eigenvalue weighted by molar-refractivity contribution is 5.76. The summed E-state index contributed by atoms with van der Waals surface area (Å²) in [7, 11) is 0. The highest BCUT2D eigenvalue weighted by Gasteiger charge is 2.44. The molecule has 0 saturated carbocycles. The van der Waals surface area contributed by atoms with Crippen molar-refractivity contribution in [2.24, 2.45) is 0 Å². The van der Waals surface area contributed by atoms with Gasteiger partial charge in [0.05, 0.1) is 23.5 Å². The number of rotatable bonds is 4. The Morgan fingerprint density at radius 1 is 1.24 bits per heavy atom. The summed E-state index contributed by atoms with van der Waals surface area (Å²) in [5.74, 6) is 0.170. The summed E-state index contributed by atoms with van der Waals surface area (Å²) in [6, 6.07) is 12.2. The molecule has 156 valence electrons. The topological polar surface area (TPSA) is 67.6 Å². The van der Waals surface area contributed by atoms with E-state index in [1.54, 1.807) is 0 Å². The van der Waals surface area contributed by atoms with Crippen molar-refractivity contribution in [3.8, 4) is 0 Å². The molecule has 1 N–H and O–H groups in total. The maximum absolute atomic E-state index is 12.7. The van der Waals surface area contributed by atoms with E-state index in [-0.39, 0.29) is 23.7 Å².